The molecule has 2 heterocycles. The number of carbonyl (C=O) groups is 2. The Morgan fingerprint density at radius 2 is 2.03 bits per heavy atom. The number of hydrogen-bond acceptors (Lipinski definition) is 5. The van der Waals surface area contributed by atoms with Crippen molar-refractivity contribution >= 4 is 11.8 Å². The second-order valence-electron chi connectivity index (χ2n) is 8.03. The standard InChI is InChI=1S/C26H28N2O5/c1-18-5-3-6-20(15-18)25-22-16-21(33-17-24(29)27-11-14-31-2)9-8-19(22)10-12-28(25)26(30)23-7-4-13-32-23/h3-9,13,15-16,25H,10-12,14,17H2,1-2H3,(H,27,29)/t25-/m1/s1. The number of furan rings is 1. The van der Waals surface area contributed by atoms with Crippen molar-refractivity contribution in [2.24, 2.45) is 0 Å². The topological polar surface area (TPSA) is 81.0 Å². The number of nitrogens with one attached hydrogen (secondary N) is 1. The first-order valence-electron chi connectivity index (χ1n) is 11.0. The van der Waals surface area contributed by atoms with E-state index in [4.69, 9.17) is 13.9 Å². The second-order valence-corrected chi connectivity index (χ2v) is 8.03. The summed E-state index contributed by atoms with van der Waals surface area (Å²) in [5.41, 5.74) is 4.28. The Hall–Kier alpha value is -3.58. The van der Waals surface area contributed by atoms with Crippen molar-refractivity contribution in [3.63, 3.8) is 0 Å². The van der Waals surface area contributed by atoms with E-state index in [1.807, 2.05) is 48.2 Å². The van der Waals surface area contributed by atoms with Crippen LogP contribution in [-0.4, -0.2) is 50.1 Å². The minimum atomic E-state index is -0.287. The predicted molar refractivity (Wildman–Crippen MR) is 123 cm³/mol. The van der Waals surface area contributed by atoms with Crippen molar-refractivity contribution in [2.75, 3.05) is 33.4 Å². The van der Waals surface area contributed by atoms with Crippen LogP contribution in [-0.2, 0) is 16.0 Å². The molecule has 0 unspecified atom stereocenters. The molecule has 1 aliphatic rings. The number of amides is 2. The van der Waals surface area contributed by atoms with Crippen LogP contribution in [0, 0.1) is 6.92 Å². The summed E-state index contributed by atoms with van der Waals surface area (Å²) in [5.74, 6) is 0.535. The minimum absolute atomic E-state index is 0.0906. The maximum atomic E-state index is 13.3. The highest BCUT2D eigenvalue weighted by Crippen LogP contribution is 2.38. The molecule has 0 saturated carbocycles. The number of methoxy groups -OCH3 is 1. The van der Waals surface area contributed by atoms with Gasteiger partial charge in [-0.2, -0.15) is 0 Å². The van der Waals surface area contributed by atoms with Crippen molar-refractivity contribution in [2.45, 2.75) is 19.4 Å². The minimum Gasteiger partial charge on any atom is -0.484 e. The van der Waals surface area contributed by atoms with Crippen LogP contribution in [0.15, 0.2) is 65.3 Å². The Morgan fingerprint density at radius 1 is 1.15 bits per heavy atom. The molecule has 1 aliphatic heterocycles. The zero-order valence-electron chi connectivity index (χ0n) is 18.9. The first-order chi connectivity index (χ1) is 16.1. The molecule has 172 valence electrons. The maximum Gasteiger partial charge on any atom is 0.290 e. The van der Waals surface area contributed by atoms with E-state index in [1.165, 1.54) is 6.26 Å². The fourth-order valence-electron chi connectivity index (χ4n) is 4.14. The largest absolute Gasteiger partial charge is 0.484 e. The average molecular weight is 449 g/mol. The Bertz CT molecular complexity index is 1110. The third kappa shape index (κ3) is 5.26. The summed E-state index contributed by atoms with van der Waals surface area (Å²) >= 11 is 0. The number of aryl methyl sites for hydroxylation is 1. The van der Waals surface area contributed by atoms with Gasteiger partial charge in [0.15, 0.2) is 12.4 Å². The molecule has 2 amide bonds. The van der Waals surface area contributed by atoms with E-state index in [1.54, 1.807) is 19.2 Å². The zero-order valence-corrected chi connectivity index (χ0v) is 18.9. The summed E-state index contributed by atoms with van der Waals surface area (Å²) in [6.45, 7) is 3.40. The van der Waals surface area contributed by atoms with Gasteiger partial charge in [-0.1, -0.05) is 35.9 Å². The molecule has 0 fully saturated rings. The van der Waals surface area contributed by atoms with E-state index in [9.17, 15) is 9.59 Å². The molecule has 4 rings (SSSR count). The highest BCUT2D eigenvalue weighted by Gasteiger charge is 2.34. The quantitative estimate of drug-likeness (QED) is 0.534. The molecule has 3 aromatic rings. The zero-order chi connectivity index (χ0) is 23.2. The first-order valence-corrected chi connectivity index (χ1v) is 11.0. The number of rotatable bonds is 8. The lowest BCUT2D eigenvalue weighted by Gasteiger charge is -2.37. The normalized spacial score (nSPS) is 15.1. The fourth-order valence-corrected chi connectivity index (χ4v) is 4.14. The summed E-state index contributed by atoms with van der Waals surface area (Å²) in [5, 5.41) is 2.74. The molecule has 7 heteroatoms. The molecule has 33 heavy (non-hydrogen) atoms. The molecule has 0 radical (unpaired) electrons. The lowest BCUT2D eigenvalue weighted by atomic mass is 9.87. The van der Waals surface area contributed by atoms with Gasteiger partial charge in [0.25, 0.3) is 11.8 Å². The van der Waals surface area contributed by atoms with Gasteiger partial charge < -0.3 is 24.1 Å². The molecule has 0 spiro atoms. The highest BCUT2D eigenvalue weighted by molar-refractivity contribution is 5.92. The number of carbonyl (C=O) groups excluding carboxylic acids is 2. The van der Waals surface area contributed by atoms with Crippen molar-refractivity contribution in [1.82, 2.24) is 10.2 Å². The van der Waals surface area contributed by atoms with Gasteiger partial charge in [0.2, 0.25) is 0 Å². The maximum absolute atomic E-state index is 13.3. The van der Waals surface area contributed by atoms with E-state index in [2.05, 4.69) is 11.4 Å². The van der Waals surface area contributed by atoms with E-state index < -0.39 is 0 Å². The van der Waals surface area contributed by atoms with Crippen molar-refractivity contribution in [3.05, 3.63) is 88.9 Å². The van der Waals surface area contributed by atoms with Crippen molar-refractivity contribution in [1.29, 1.82) is 0 Å². The molecule has 0 bridgehead atoms. The van der Waals surface area contributed by atoms with Gasteiger partial charge in [-0.15, -0.1) is 0 Å². The van der Waals surface area contributed by atoms with E-state index >= 15 is 0 Å². The third-order valence-electron chi connectivity index (χ3n) is 5.69. The van der Waals surface area contributed by atoms with Crippen LogP contribution in [0.5, 0.6) is 5.75 Å². The lowest BCUT2D eigenvalue weighted by molar-refractivity contribution is -0.123. The number of benzene rings is 2. The van der Waals surface area contributed by atoms with Crippen LogP contribution in [0.4, 0.5) is 0 Å². The molecule has 7 nitrogen and oxygen atoms in total. The smallest absolute Gasteiger partial charge is 0.290 e. The van der Waals surface area contributed by atoms with Crippen LogP contribution in [0.2, 0.25) is 0 Å². The van der Waals surface area contributed by atoms with E-state index in [-0.39, 0.29) is 24.5 Å². The summed E-state index contributed by atoms with van der Waals surface area (Å²) in [6.07, 6.45) is 2.23. The Balaban J connectivity index is 1.63. The van der Waals surface area contributed by atoms with E-state index in [0.29, 0.717) is 31.2 Å². The summed E-state index contributed by atoms with van der Waals surface area (Å²) in [7, 11) is 1.58. The van der Waals surface area contributed by atoms with Crippen molar-refractivity contribution in [3.8, 4) is 5.75 Å². The molecule has 0 saturated heterocycles. The Kier molecular flexibility index (Phi) is 7.10. The Labute approximate surface area is 193 Å². The van der Waals surface area contributed by atoms with Crippen LogP contribution in [0.3, 0.4) is 0 Å². The number of ether oxygens (including phenoxy) is 2. The first kappa shape index (κ1) is 22.6. The summed E-state index contributed by atoms with van der Waals surface area (Å²) in [4.78, 5) is 27.2. The highest BCUT2D eigenvalue weighted by atomic mass is 16.5. The summed E-state index contributed by atoms with van der Waals surface area (Å²) < 4.78 is 16.1. The number of nitrogens with zero attached hydrogens (tertiary/aromatic N) is 1. The molecule has 1 N–H and O–H groups in total. The number of fused-ring (bicyclic) bond motifs is 1. The van der Waals surface area contributed by atoms with Crippen LogP contribution >= 0.6 is 0 Å². The van der Waals surface area contributed by atoms with Crippen LogP contribution < -0.4 is 10.1 Å². The van der Waals surface area contributed by atoms with Gasteiger partial charge >= 0.3 is 0 Å². The van der Waals surface area contributed by atoms with Gasteiger partial charge in [0.05, 0.1) is 18.9 Å². The SMILES string of the molecule is COCCNC(=O)COc1ccc2c(c1)[C@@H](c1cccc(C)c1)N(C(=O)c1ccco1)CC2. The molecule has 1 atom stereocenters. The van der Waals surface area contributed by atoms with Gasteiger partial charge in [0.1, 0.15) is 5.75 Å². The van der Waals surface area contributed by atoms with Crippen LogP contribution in [0.1, 0.15) is 38.9 Å². The van der Waals surface area contributed by atoms with Crippen LogP contribution in [0.25, 0.3) is 0 Å². The van der Waals surface area contributed by atoms with Gasteiger partial charge in [-0.3, -0.25) is 9.59 Å². The van der Waals surface area contributed by atoms with E-state index in [0.717, 1.165) is 28.7 Å². The molecular weight excluding hydrogens is 420 g/mol. The molecule has 1 aromatic heterocycles. The summed E-state index contributed by atoms with van der Waals surface area (Å²) in [6, 6.07) is 17.1. The second kappa shape index (κ2) is 10.4. The average Bonchev–Trinajstić information content (AvgIpc) is 3.36. The Morgan fingerprint density at radius 3 is 2.79 bits per heavy atom. The molecule has 2 aromatic carbocycles. The lowest BCUT2D eigenvalue weighted by Crippen LogP contribution is -2.40. The third-order valence-corrected chi connectivity index (χ3v) is 5.69. The van der Waals surface area contributed by atoms with Gasteiger partial charge in [0, 0.05) is 20.2 Å². The van der Waals surface area contributed by atoms with Gasteiger partial charge in [-0.05, 0) is 54.3 Å². The van der Waals surface area contributed by atoms with Gasteiger partial charge in [-0.25, -0.2) is 0 Å². The number of hydrogen-bond donors (Lipinski definition) is 1. The monoisotopic (exact) mass is 448 g/mol. The molecular formula is C26H28N2O5. The molecule has 0 aliphatic carbocycles. The predicted octanol–water partition coefficient (Wildman–Crippen LogP) is 3.52. The van der Waals surface area contributed by atoms with Crippen molar-refractivity contribution < 1.29 is 23.5 Å². The fraction of sp³-hybridized carbons (Fsp3) is 0.308.